The first-order chi connectivity index (χ1) is 9.90. The van der Waals surface area contributed by atoms with Crippen molar-refractivity contribution in [3.63, 3.8) is 0 Å². The molecule has 1 aromatic heterocycles. The fourth-order valence-electron chi connectivity index (χ4n) is 2.98. The van der Waals surface area contributed by atoms with Crippen molar-refractivity contribution in [2.45, 2.75) is 77.0 Å². The summed E-state index contributed by atoms with van der Waals surface area (Å²) in [5, 5.41) is 8.50. The third-order valence-corrected chi connectivity index (χ3v) is 4.21. The van der Waals surface area contributed by atoms with Crippen molar-refractivity contribution in [3.05, 3.63) is 29.1 Å². The molecule has 0 aromatic carbocycles. The summed E-state index contributed by atoms with van der Waals surface area (Å²) >= 11 is 0. The van der Waals surface area contributed by atoms with Crippen LogP contribution in [-0.2, 0) is 19.3 Å². The molecule has 0 radical (unpaired) electrons. The van der Waals surface area contributed by atoms with Gasteiger partial charge in [0.15, 0.2) is 0 Å². The minimum atomic E-state index is 0.705. The van der Waals surface area contributed by atoms with Crippen LogP contribution >= 0.6 is 0 Å². The molecule has 0 saturated heterocycles. The van der Waals surface area contributed by atoms with E-state index >= 15 is 0 Å². The molecule has 2 heteroatoms. The lowest BCUT2D eigenvalue weighted by Crippen LogP contribution is -2.04. The van der Waals surface area contributed by atoms with Gasteiger partial charge in [0.1, 0.15) is 0 Å². The number of nitriles is 1. The number of unbranched alkanes of at least 4 members (excludes halogenated alkanes) is 4. The zero-order valence-electron chi connectivity index (χ0n) is 12.5. The summed E-state index contributed by atoms with van der Waals surface area (Å²) in [7, 11) is 0. The lowest BCUT2D eigenvalue weighted by Gasteiger charge is -2.14. The molecular formula is C18H26N2. The molecule has 1 aliphatic rings. The summed E-state index contributed by atoms with van der Waals surface area (Å²) in [5.74, 6) is 0. The largest absolute Gasteiger partial charge is 0.258 e. The summed E-state index contributed by atoms with van der Waals surface area (Å²) in [6, 6.07) is 6.76. The summed E-state index contributed by atoms with van der Waals surface area (Å²) in [6.45, 7) is 0. The molecule has 0 unspecified atom stereocenters. The lowest BCUT2D eigenvalue weighted by molar-refractivity contribution is 0.603. The zero-order chi connectivity index (χ0) is 14.0. The SMILES string of the molecule is N#CCCCCCCc1ccc2c(n1)CCCCCC2. The van der Waals surface area contributed by atoms with Gasteiger partial charge >= 0.3 is 0 Å². The van der Waals surface area contributed by atoms with E-state index in [0.717, 1.165) is 12.8 Å². The Balaban J connectivity index is 1.80. The predicted molar refractivity (Wildman–Crippen MR) is 82.5 cm³/mol. The van der Waals surface area contributed by atoms with E-state index in [1.165, 1.54) is 74.7 Å². The van der Waals surface area contributed by atoms with E-state index in [2.05, 4.69) is 18.2 Å². The van der Waals surface area contributed by atoms with Gasteiger partial charge in [0, 0.05) is 17.8 Å². The molecule has 1 aromatic rings. The van der Waals surface area contributed by atoms with Crippen molar-refractivity contribution >= 4 is 0 Å². The first-order valence-corrected chi connectivity index (χ1v) is 8.25. The van der Waals surface area contributed by atoms with Gasteiger partial charge in [-0.25, -0.2) is 0 Å². The van der Waals surface area contributed by atoms with E-state index in [-0.39, 0.29) is 0 Å². The van der Waals surface area contributed by atoms with E-state index in [0.29, 0.717) is 6.42 Å². The fraction of sp³-hybridized carbons (Fsp3) is 0.667. The summed E-state index contributed by atoms with van der Waals surface area (Å²) in [6.07, 6.45) is 14.2. The zero-order valence-corrected chi connectivity index (χ0v) is 12.5. The Bertz CT molecular complexity index is 445. The van der Waals surface area contributed by atoms with Crippen molar-refractivity contribution in [2.75, 3.05) is 0 Å². The van der Waals surface area contributed by atoms with Gasteiger partial charge in [0.25, 0.3) is 0 Å². The van der Waals surface area contributed by atoms with E-state index < -0.39 is 0 Å². The quantitative estimate of drug-likeness (QED) is 0.699. The van der Waals surface area contributed by atoms with Crippen LogP contribution in [0.2, 0.25) is 0 Å². The number of aromatic nitrogens is 1. The second kappa shape index (κ2) is 8.74. The Morgan fingerprint density at radius 3 is 2.60 bits per heavy atom. The molecule has 0 N–H and O–H groups in total. The fourth-order valence-corrected chi connectivity index (χ4v) is 2.98. The van der Waals surface area contributed by atoms with Crippen molar-refractivity contribution in [3.8, 4) is 6.07 Å². The van der Waals surface area contributed by atoms with E-state index in [1.54, 1.807) is 0 Å². The first kappa shape index (κ1) is 15.0. The molecule has 1 aliphatic carbocycles. The minimum Gasteiger partial charge on any atom is -0.258 e. The molecule has 0 saturated carbocycles. The van der Waals surface area contributed by atoms with Gasteiger partial charge in [-0.1, -0.05) is 31.7 Å². The number of rotatable bonds is 6. The van der Waals surface area contributed by atoms with Crippen LogP contribution in [0.1, 0.15) is 74.7 Å². The van der Waals surface area contributed by atoms with E-state index in [1.807, 2.05) is 0 Å². The molecule has 0 aliphatic heterocycles. The van der Waals surface area contributed by atoms with Crippen molar-refractivity contribution in [1.29, 1.82) is 5.26 Å². The molecule has 2 nitrogen and oxygen atoms in total. The highest BCUT2D eigenvalue weighted by Crippen LogP contribution is 2.19. The van der Waals surface area contributed by atoms with Crippen LogP contribution in [0, 0.1) is 11.3 Å². The van der Waals surface area contributed by atoms with Gasteiger partial charge in [-0.3, -0.25) is 4.98 Å². The van der Waals surface area contributed by atoms with Crippen molar-refractivity contribution in [2.24, 2.45) is 0 Å². The van der Waals surface area contributed by atoms with Gasteiger partial charge < -0.3 is 0 Å². The van der Waals surface area contributed by atoms with Gasteiger partial charge in [-0.05, 0) is 56.6 Å². The number of hydrogen-bond donors (Lipinski definition) is 0. The van der Waals surface area contributed by atoms with Gasteiger partial charge in [0.2, 0.25) is 0 Å². The molecule has 0 fully saturated rings. The molecule has 1 heterocycles. The summed E-state index contributed by atoms with van der Waals surface area (Å²) in [4.78, 5) is 4.90. The van der Waals surface area contributed by atoms with E-state index in [9.17, 15) is 0 Å². The van der Waals surface area contributed by atoms with Gasteiger partial charge in [-0.15, -0.1) is 0 Å². The topological polar surface area (TPSA) is 36.7 Å². The minimum absolute atomic E-state index is 0.705. The van der Waals surface area contributed by atoms with Crippen molar-refractivity contribution in [1.82, 2.24) is 4.98 Å². The van der Waals surface area contributed by atoms with Crippen LogP contribution in [-0.4, -0.2) is 4.98 Å². The monoisotopic (exact) mass is 270 g/mol. The third-order valence-electron chi connectivity index (χ3n) is 4.21. The standard InChI is InChI=1S/C18H26N2/c19-15-9-5-1-2-7-11-17-14-13-16-10-6-3-4-8-12-18(16)20-17/h13-14H,1-12H2. The summed E-state index contributed by atoms with van der Waals surface area (Å²) in [5.41, 5.74) is 4.12. The highest BCUT2D eigenvalue weighted by Gasteiger charge is 2.09. The van der Waals surface area contributed by atoms with Crippen LogP contribution in [0.3, 0.4) is 0 Å². The van der Waals surface area contributed by atoms with E-state index in [4.69, 9.17) is 10.2 Å². The molecular weight excluding hydrogens is 244 g/mol. The Hall–Kier alpha value is -1.36. The lowest BCUT2D eigenvalue weighted by atomic mass is 9.96. The maximum Gasteiger partial charge on any atom is 0.0621 e. The molecule has 0 spiro atoms. The number of aryl methyl sites for hydroxylation is 3. The average Bonchev–Trinajstić information content (AvgIpc) is 2.44. The van der Waals surface area contributed by atoms with Crippen LogP contribution < -0.4 is 0 Å². The molecule has 108 valence electrons. The van der Waals surface area contributed by atoms with Crippen LogP contribution in [0.4, 0.5) is 0 Å². The van der Waals surface area contributed by atoms with Gasteiger partial charge in [0.05, 0.1) is 6.07 Å². The Labute approximate surface area is 123 Å². The molecule has 0 atom stereocenters. The van der Waals surface area contributed by atoms with Crippen LogP contribution in [0.25, 0.3) is 0 Å². The number of pyridine rings is 1. The maximum absolute atomic E-state index is 8.50. The second-order valence-electron chi connectivity index (χ2n) is 5.89. The molecule has 0 bridgehead atoms. The third kappa shape index (κ3) is 4.96. The Kier molecular flexibility index (Phi) is 6.57. The maximum atomic E-state index is 8.50. The number of nitrogens with zero attached hydrogens (tertiary/aromatic N) is 2. The van der Waals surface area contributed by atoms with Crippen molar-refractivity contribution < 1.29 is 0 Å². The normalized spacial score (nSPS) is 14.9. The first-order valence-electron chi connectivity index (χ1n) is 8.25. The Morgan fingerprint density at radius 2 is 1.75 bits per heavy atom. The van der Waals surface area contributed by atoms with Gasteiger partial charge in [-0.2, -0.15) is 5.26 Å². The summed E-state index contributed by atoms with van der Waals surface area (Å²) < 4.78 is 0. The molecule has 0 amide bonds. The smallest absolute Gasteiger partial charge is 0.0621 e. The average molecular weight is 270 g/mol. The van der Waals surface area contributed by atoms with Crippen LogP contribution in [0.5, 0.6) is 0 Å². The molecule has 20 heavy (non-hydrogen) atoms. The Morgan fingerprint density at radius 1 is 0.950 bits per heavy atom. The molecule has 2 rings (SSSR count). The number of hydrogen-bond acceptors (Lipinski definition) is 2. The van der Waals surface area contributed by atoms with Crippen LogP contribution in [0.15, 0.2) is 12.1 Å². The highest BCUT2D eigenvalue weighted by molar-refractivity contribution is 5.24. The second-order valence-corrected chi connectivity index (χ2v) is 5.89. The highest BCUT2D eigenvalue weighted by atomic mass is 14.7. The number of fused-ring (bicyclic) bond motifs is 1. The predicted octanol–water partition coefficient (Wildman–Crippen LogP) is 4.76.